The highest BCUT2D eigenvalue weighted by atomic mass is 14.9. The highest BCUT2D eigenvalue weighted by molar-refractivity contribution is 6.22. The van der Waals surface area contributed by atoms with Crippen molar-refractivity contribution in [3.05, 3.63) is 182 Å². The Hall–Kier alpha value is -6.78. The fourth-order valence-corrected chi connectivity index (χ4v) is 6.91. The van der Waals surface area contributed by atoms with Gasteiger partial charge in [-0.15, -0.1) is 0 Å². The van der Waals surface area contributed by atoms with Crippen LogP contribution in [0.1, 0.15) is 0 Å². The van der Waals surface area contributed by atoms with E-state index in [1.54, 1.807) is 6.33 Å². The van der Waals surface area contributed by atoms with Crippen molar-refractivity contribution in [2.24, 2.45) is 0 Å². The molecule has 0 unspecified atom stereocenters. The van der Waals surface area contributed by atoms with E-state index in [0.29, 0.717) is 5.82 Å². The number of rotatable bonds is 6. The van der Waals surface area contributed by atoms with Gasteiger partial charge in [-0.2, -0.15) is 0 Å². The minimum absolute atomic E-state index is 0.711. The Balaban J connectivity index is 1.31. The number of hydrogen-bond acceptors (Lipinski definition) is 4. The summed E-state index contributed by atoms with van der Waals surface area (Å²) in [4.78, 5) is 18.9. The summed E-state index contributed by atoms with van der Waals surface area (Å²) in [5.74, 6) is 0.711. The van der Waals surface area contributed by atoms with Gasteiger partial charge in [-0.05, 0) is 68.1 Å². The van der Waals surface area contributed by atoms with E-state index in [2.05, 4.69) is 125 Å². The normalized spacial score (nSPS) is 11.2. The number of nitrogens with zero attached hydrogens (tertiary/aromatic N) is 4. The molecule has 0 saturated carbocycles. The molecule has 2 heterocycles. The average molecular weight is 639 g/mol. The van der Waals surface area contributed by atoms with Crippen molar-refractivity contribution in [1.29, 1.82) is 0 Å². The highest BCUT2D eigenvalue weighted by Crippen LogP contribution is 2.45. The van der Waals surface area contributed by atoms with Crippen LogP contribution in [-0.4, -0.2) is 19.9 Å². The van der Waals surface area contributed by atoms with Crippen LogP contribution in [0, 0.1) is 0 Å². The molecule has 0 atom stereocenters. The van der Waals surface area contributed by atoms with Crippen molar-refractivity contribution in [2.75, 3.05) is 0 Å². The van der Waals surface area contributed by atoms with E-state index in [1.165, 1.54) is 32.7 Å². The molecule has 9 aromatic rings. The average Bonchev–Trinajstić information content (AvgIpc) is 3.21. The van der Waals surface area contributed by atoms with Crippen molar-refractivity contribution < 1.29 is 0 Å². The minimum Gasteiger partial charge on any atom is -0.237 e. The van der Waals surface area contributed by atoms with Gasteiger partial charge in [-0.3, -0.25) is 0 Å². The largest absolute Gasteiger partial charge is 0.237 e. The zero-order valence-electron chi connectivity index (χ0n) is 27.1. The quantitative estimate of drug-likeness (QED) is 0.170. The van der Waals surface area contributed by atoms with Crippen molar-refractivity contribution in [3.63, 3.8) is 0 Å². The van der Waals surface area contributed by atoms with Gasteiger partial charge in [-0.1, -0.05) is 146 Å². The van der Waals surface area contributed by atoms with E-state index in [0.717, 1.165) is 50.5 Å². The molecule has 0 aliphatic carbocycles. The van der Waals surface area contributed by atoms with E-state index in [9.17, 15) is 0 Å². The van der Waals surface area contributed by atoms with Gasteiger partial charge in [0.25, 0.3) is 0 Å². The zero-order valence-corrected chi connectivity index (χ0v) is 27.1. The van der Waals surface area contributed by atoms with Crippen LogP contribution in [0.5, 0.6) is 0 Å². The van der Waals surface area contributed by atoms with Gasteiger partial charge in [0.1, 0.15) is 6.33 Å². The minimum atomic E-state index is 0.711. The fraction of sp³-hybridized carbons (Fsp3) is 0. The maximum Gasteiger partial charge on any atom is 0.159 e. The Bertz CT molecular complexity index is 2440. The Morgan fingerprint density at radius 1 is 0.300 bits per heavy atom. The van der Waals surface area contributed by atoms with E-state index >= 15 is 0 Å². The Morgan fingerprint density at radius 2 is 0.760 bits per heavy atom. The van der Waals surface area contributed by atoms with E-state index in [-0.39, 0.29) is 0 Å². The maximum absolute atomic E-state index is 5.02. The number of aromatic nitrogens is 4. The van der Waals surface area contributed by atoms with Crippen molar-refractivity contribution in [3.8, 4) is 67.4 Å². The molecule has 4 nitrogen and oxygen atoms in total. The third-order valence-corrected chi connectivity index (χ3v) is 9.26. The predicted octanol–water partition coefficient (Wildman–Crippen LogP) is 11.6. The van der Waals surface area contributed by atoms with Crippen LogP contribution in [0.4, 0.5) is 0 Å². The van der Waals surface area contributed by atoms with Crippen LogP contribution in [-0.2, 0) is 0 Å². The summed E-state index contributed by atoms with van der Waals surface area (Å²) in [6.07, 6.45) is 3.51. The second-order valence-electron chi connectivity index (χ2n) is 12.3. The lowest BCUT2D eigenvalue weighted by atomic mass is 9.84. The number of fused-ring (bicyclic) bond motifs is 2. The molecule has 7 aromatic carbocycles. The third-order valence-electron chi connectivity index (χ3n) is 9.26. The summed E-state index contributed by atoms with van der Waals surface area (Å²) < 4.78 is 0. The first-order chi connectivity index (χ1) is 24.8. The smallest absolute Gasteiger partial charge is 0.159 e. The van der Waals surface area contributed by atoms with E-state index in [1.807, 2.05) is 60.8 Å². The molecular weight excluding hydrogens is 609 g/mol. The van der Waals surface area contributed by atoms with Crippen molar-refractivity contribution in [1.82, 2.24) is 19.9 Å². The Kier molecular flexibility index (Phi) is 7.45. The van der Waals surface area contributed by atoms with Crippen molar-refractivity contribution >= 4 is 21.5 Å². The molecule has 50 heavy (non-hydrogen) atoms. The molecule has 0 N–H and O–H groups in total. The second kappa shape index (κ2) is 12.7. The molecule has 0 spiro atoms. The van der Waals surface area contributed by atoms with Crippen LogP contribution in [0.2, 0.25) is 0 Å². The van der Waals surface area contributed by atoms with E-state index in [4.69, 9.17) is 9.97 Å². The summed E-state index contributed by atoms with van der Waals surface area (Å²) in [7, 11) is 0. The van der Waals surface area contributed by atoms with Crippen LogP contribution in [0.25, 0.3) is 89.0 Å². The fourth-order valence-electron chi connectivity index (χ4n) is 6.91. The number of benzene rings is 7. The topological polar surface area (TPSA) is 51.6 Å². The number of hydrogen-bond donors (Lipinski definition) is 0. The molecule has 0 saturated heterocycles. The third kappa shape index (κ3) is 5.39. The summed E-state index contributed by atoms with van der Waals surface area (Å²) >= 11 is 0. The Morgan fingerprint density at radius 3 is 1.30 bits per heavy atom. The van der Waals surface area contributed by atoms with Crippen LogP contribution in [0.15, 0.2) is 182 Å². The first kappa shape index (κ1) is 29.4. The molecule has 9 rings (SSSR count). The van der Waals surface area contributed by atoms with Gasteiger partial charge in [0.05, 0.1) is 17.1 Å². The molecule has 0 amide bonds. The van der Waals surface area contributed by atoms with E-state index < -0.39 is 0 Å². The van der Waals surface area contributed by atoms with Crippen LogP contribution in [0.3, 0.4) is 0 Å². The van der Waals surface area contributed by atoms with Gasteiger partial charge in [0.2, 0.25) is 0 Å². The molecule has 2 aromatic heterocycles. The SMILES string of the molecule is c1ccc(-c2cc(-c3ccc4c(-c5ccccc5)c5cc(-c6ccnc(-c7ccccc7)n6)ccc5c(-c5ccccc5)c4c3)ncn2)cc1. The lowest BCUT2D eigenvalue weighted by molar-refractivity contribution is 1.18. The summed E-state index contributed by atoms with van der Waals surface area (Å²) in [6.45, 7) is 0. The van der Waals surface area contributed by atoms with Gasteiger partial charge in [0.15, 0.2) is 5.82 Å². The molecule has 234 valence electrons. The Labute approximate surface area is 290 Å². The first-order valence-electron chi connectivity index (χ1n) is 16.7. The lowest BCUT2D eigenvalue weighted by Crippen LogP contribution is -1.95. The predicted molar refractivity (Wildman–Crippen MR) is 205 cm³/mol. The monoisotopic (exact) mass is 638 g/mol. The summed E-state index contributed by atoms with van der Waals surface area (Å²) in [5, 5.41) is 4.68. The molecule has 0 aliphatic rings. The molecule has 4 heteroatoms. The van der Waals surface area contributed by atoms with Crippen molar-refractivity contribution in [2.45, 2.75) is 0 Å². The summed E-state index contributed by atoms with van der Waals surface area (Å²) in [5.41, 5.74) is 11.5. The van der Waals surface area contributed by atoms with Gasteiger partial charge >= 0.3 is 0 Å². The molecule has 0 fully saturated rings. The molecular formula is C46H30N4. The van der Waals surface area contributed by atoms with Crippen LogP contribution >= 0.6 is 0 Å². The summed E-state index contributed by atoms with van der Waals surface area (Å²) in [6, 6.07) is 59.3. The van der Waals surface area contributed by atoms with Gasteiger partial charge in [0, 0.05) is 28.5 Å². The van der Waals surface area contributed by atoms with Gasteiger partial charge < -0.3 is 0 Å². The molecule has 0 radical (unpaired) electrons. The lowest BCUT2D eigenvalue weighted by Gasteiger charge is -2.19. The highest BCUT2D eigenvalue weighted by Gasteiger charge is 2.19. The first-order valence-corrected chi connectivity index (χ1v) is 16.7. The van der Waals surface area contributed by atoms with Gasteiger partial charge in [-0.25, -0.2) is 19.9 Å². The molecule has 0 bridgehead atoms. The second-order valence-corrected chi connectivity index (χ2v) is 12.3. The maximum atomic E-state index is 5.02. The van der Waals surface area contributed by atoms with Crippen LogP contribution < -0.4 is 0 Å². The standard InChI is InChI=1S/C46H30N4/c1-5-13-31(14-6-1)42-29-43(49-30-48-42)36-22-24-38-40(28-36)45(33-17-9-3-10-18-33)37-23-21-35(27-39(37)44(38)32-15-7-2-8-16-32)41-25-26-47-46(50-41)34-19-11-4-12-20-34/h1-30H. The zero-order chi connectivity index (χ0) is 33.3. The molecule has 0 aliphatic heterocycles.